The van der Waals surface area contributed by atoms with E-state index in [1.54, 1.807) is 71.0 Å². The van der Waals surface area contributed by atoms with Crippen molar-refractivity contribution in [1.82, 2.24) is 29.5 Å². The van der Waals surface area contributed by atoms with Gasteiger partial charge in [-0.05, 0) is 136 Å². The Morgan fingerprint density at radius 3 is 1.47 bits per heavy atom. The van der Waals surface area contributed by atoms with Crippen LogP contribution in [0.1, 0.15) is 50.1 Å². The minimum absolute atomic E-state index is 0.282. The van der Waals surface area contributed by atoms with Crippen molar-refractivity contribution in [3.8, 4) is 33.8 Å². The summed E-state index contributed by atoms with van der Waals surface area (Å²) in [6.07, 6.45) is -7.24. The lowest BCUT2D eigenvalue weighted by Crippen LogP contribution is -2.07. The lowest BCUT2D eigenvalue weighted by atomic mass is 10.0. The second-order valence-corrected chi connectivity index (χ2v) is 15.3. The number of ether oxygens (including phenoxy) is 2. The van der Waals surface area contributed by atoms with Crippen molar-refractivity contribution in [1.29, 1.82) is 0 Å². The van der Waals surface area contributed by atoms with Crippen LogP contribution in [-0.4, -0.2) is 40.9 Å². The number of aromatic nitrogens is 6. The molecule has 0 spiro atoms. The van der Waals surface area contributed by atoms with Crippen LogP contribution in [-0.2, 0) is 39.7 Å². The Morgan fingerprint density at radius 1 is 0.636 bits per heavy atom. The number of nitrogens with one attached hydrogen (secondary N) is 2. The van der Waals surface area contributed by atoms with Crippen molar-refractivity contribution in [3.63, 3.8) is 0 Å². The number of aliphatic hydroxyl groups excluding tert-OH is 1. The lowest BCUT2D eigenvalue weighted by molar-refractivity contribution is -0.138. The normalized spacial score (nSPS) is 11.7. The molecule has 8 rings (SSSR count). The summed E-state index contributed by atoms with van der Waals surface area (Å²) in [6.45, 7) is 0.596. The number of carbonyl (C=O) groups excluding carboxylic acids is 1. The average Bonchev–Trinajstić information content (AvgIpc) is 3.88. The van der Waals surface area contributed by atoms with Gasteiger partial charge >= 0.3 is 12.4 Å². The molecule has 0 fully saturated rings. The minimum atomic E-state index is -4.36. The van der Waals surface area contributed by atoms with Gasteiger partial charge in [0.05, 0.1) is 11.1 Å². The third-order valence-electron chi connectivity index (χ3n) is 9.84. The Hall–Kier alpha value is -7.15. The van der Waals surface area contributed by atoms with Gasteiger partial charge in [-0.25, -0.2) is 0 Å². The van der Waals surface area contributed by atoms with Crippen molar-refractivity contribution in [2.24, 2.45) is 14.1 Å². The maximum atomic E-state index is 12.8. The third kappa shape index (κ3) is 13.2. The summed E-state index contributed by atoms with van der Waals surface area (Å²) in [5.74, 6) is 1.66. The zero-order chi connectivity index (χ0) is 47.4. The van der Waals surface area contributed by atoms with Crippen molar-refractivity contribution in [2.75, 3.05) is 0 Å². The number of hydrogen-bond acceptors (Lipinski definition) is 8. The van der Waals surface area contributed by atoms with Gasteiger partial charge in [-0.15, -0.1) is 0 Å². The van der Waals surface area contributed by atoms with Crippen LogP contribution in [0.15, 0.2) is 152 Å². The van der Waals surface area contributed by atoms with E-state index in [-0.39, 0.29) is 6.61 Å². The number of aliphatic hydroxyl groups is 1. The monoisotopic (exact) mass is 942 g/mol. The number of hydrogen-bond donors (Lipinski definition) is 3. The molecule has 0 radical (unpaired) electrons. The van der Waals surface area contributed by atoms with E-state index < -0.39 is 29.6 Å². The number of aryl methyl sites for hydroxylation is 1. The number of benzene rings is 6. The van der Waals surface area contributed by atoms with Crippen LogP contribution in [0.5, 0.6) is 11.5 Å². The summed E-state index contributed by atoms with van der Waals surface area (Å²) in [5.41, 5.74) is 4.65. The molecule has 0 aliphatic heterocycles. The molecule has 18 heteroatoms. The highest BCUT2D eigenvalue weighted by atomic mass is 32.1. The Morgan fingerprint density at radius 2 is 1.11 bits per heavy atom. The number of rotatable bonds is 11. The molecule has 0 bridgehead atoms. The lowest BCUT2D eigenvalue weighted by Gasteiger charge is -2.12. The van der Waals surface area contributed by atoms with E-state index in [9.17, 15) is 36.2 Å². The largest absolute Gasteiger partial charge is 0.489 e. The molecule has 2 heterocycles. The highest BCUT2D eigenvalue weighted by Crippen LogP contribution is 2.33. The summed E-state index contributed by atoms with van der Waals surface area (Å²) >= 11 is 9.81. The molecule has 3 N–H and O–H groups in total. The fourth-order valence-corrected chi connectivity index (χ4v) is 6.40. The van der Waals surface area contributed by atoms with Crippen molar-refractivity contribution in [2.45, 2.75) is 31.7 Å². The fraction of sp³-hybridized carbons (Fsp3) is 0.146. The number of aromatic amines is 2. The van der Waals surface area contributed by atoms with Crippen molar-refractivity contribution < 1.29 is 45.7 Å². The number of aldehydes is 1. The molecule has 8 aromatic rings. The summed E-state index contributed by atoms with van der Waals surface area (Å²) in [6, 6.07) is 38.8. The minimum Gasteiger partial charge on any atom is -0.489 e. The first-order valence-corrected chi connectivity index (χ1v) is 20.6. The van der Waals surface area contributed by atoms with Gasteiger partial charge in [0, 0.05) is 19.7 Å². The molecule has 340 valence electrons. The molecule has 0 aliphatic rings. The van der Waals surface area contributed by atoms with Crippen LogP contribution in [0, 0.1) is 9.54 Å². The SMILES string of the molecule is Cn1c(C(O)c2ccc(OCc3cccc(-c4ccc(C(F)(F)F)cc4)c3)cc2)n[nH]c1=S.Cn1cn[nH]c1=S.O=Cc1ccc(OCc2cccc(-c3ccc(C(F)(F)F)cc3)c2)cc1. The van der Waals surface area contributed by atoms with E-state index in [1.807, 2.05) is 55.6 Å². The summed E-state index contributed by atoms with van der Waals surface area (Å²) in [5, 5.41) is 23.5. The van der Waals surface area contributed by atoms with Crippen molar-refractivity contribution >= 4 is 30.7 Å². The molecular weight excluding hydrogens is 903 g/mol. The van der Waals surface area contributed by atoms with E-state index in [1.165, 1.54) is 24.3 Å². The van der Waals surface area contributed by atoms with E-state index in [0.29, 0.717) is 55.7 Å². The quantitative estimate of drug-likeness (QED) is 0.0666. The predicted octanol–water partition coefficient (Wildman–Crippen LogP) is 12.1. The van der Waals surface area contributed by atoms with Gasteiger partial charge in [-0.2, -0.15) is 36.5 Å². The third-order valence-corrected chi connectivity index (χ3v) is 10.6. The van der Waals surface area contributed by atoms with E-state index in [2.05, 4.69) is 20.4 Å². The van der Waals surface area contributed by atoms with Gasteiger partial charge in [0.2, 0.25) is 0 Å². The number of halogens is 6. The molecule has 1 atom stereocenters. The maximum absolute atomic E-state index is 12.8. The topological polar surface area (TPSA) is 123 Å². The highest BCUT2D eigenvalue weighted by molar-refractivity contribution is 7.71. The molecule has 10 nitrogen and oxygen atoms in total. The van der Waals surface area contributed by atoms with Gasteiger partial charge in [-0.3, -0.25) is 15.0 Å². The first-order chi connectivity index (χ1) is 31.5. The average molecular weight is 943 g/mol. The van der Waals surface area contributed by atoms with Crippen LogP contribution >= 0.6 is 24.4 Å². The predicted molar refractivity (Wildman–Crippen MR) is 242 cm³/mol. The van der Waals surface area contributed by atoms with Crippen LogP contribution in [0.2, 0.25) is 0 Å². The smallest absolute Gasteiger partial charge is 0.416 e. The molecule has 0 amide bonds. The van der Waals surface area contributed by atoms with Gasteiger partial charge in [0.1, 0.15) is 43.4 Å². The zero-order valence-corrected chi connectivity index (χ0v) is 36.7. The van der Waals surface area contributed by atoms with Crippen LogP contribution in [0.4, 0.5) is 26.3 Å². The molecule has 6 aromatic carbocycles. The number of alkyl halides is 6. The molecule has 66 heavy (non-hydrogen) atoms. The van der Waals surface area contributed by atoms with Gasteiger partial charge in [0.25, 0.3) is 0 Å². The first-order valence-electron chi connectivity index (χ1n) is 19.8. The standard InChI is InChI=1S/C24H20F3N3O2S.C21H15F3O2.C3H5N3S/c1-30-22(28-29-23(30)33)21(31)17-7-11-20(12-8-17)32-14-15-3-2-4-18(13-15)16-5-9-19(10-6-16)24(25,26)27;22-21(23,24)19-8-6-17(7-9-19)18-3-1-2-16(12-18)14-26-20-10-4-15(13-25)5-11-20;1-6-2-4-5-3(6)7/h2-13,21,31H,14H2,1H3,(H,29,33);1-13H,14H2;2H,1H3,(H,5,7). The Labute approximate surface area is 384 Å². The van der Waals surface area contributed by atoms with E-state index in [0.717, 1.165) is 52.8 Å². The van der Waals surface area contributed by atoms with E-state index >= 15 is 0 Å². The summed E-state index contributed by atoms with van der Waals surface area (Å²) in [7, 11) is 3.56. The van der Waals surface area contributed by atoms with Crippen LogP contribution < -0.4 is 9.47 Å². The van der Waals surface area contributed by atoms with Gasteiger partial charge in [0.15, 0.2) is 15.4 Å². The summed E-state index contributed by atoms with van der Waals surface area (Å²) < 4.78 is 92.3. The second kappa shape index (κ2) is 21.7. The molecule has 1 unspecified atom stereocenters. The number of nitrogens with zero attached hydrogens (tertiary/aromatic N) is 4. The Kier molecular flexibility index (Phi) is 15.9. The second-order valence-electron chi connectivity index (χ2n) is 14.5. The molecule has 0 saturated heterocycles. The fourth-order valence-electron chi connectivity index (χ4n) is 6.16. The maximum Gasteiger partial charge on any atom is 0.416 e. The number of H-pyrrole nitrogens is 2. The molecule has 0 aliphatic carbocycles. The molecule has 2 aromatic heterocycles. The summed E-state index contributed by atoms with van der Waals surface area (Å²) in [4.78, 5) is 10.6. The van der Waals surface area contributed by atoms with Crippen LogP contribution in [0.3, 0.4) is 0 Å². The molecule has 0 saturated carbocycles. The highest BCUT2D eigenvalue weighted by Gasteiger charge is 2.31. The van der Waals surface area contributed by atoms with Gasteiger partial charge < -0.3 is 23.7 Å². The molecular formula is C48H40F6N6O4S2. The number of carbonyl (C=O) groups is 1. The van der Waals surface area contributed by atoms with Crippen molar-refractivity contribution in [3.05, 3.63) is 201 Å². The van der Waals surface area contributed by atoms with E-state index in [4.69, 9.17) is 33.9 Å². The first kappa shape index (κ1) is 48.3. The zero-order valence-electron chi connectivity index (χ0n) is 35.0. The van der Waals surface area contributed by atoms with Crippen LogP contribution in [0.25, 0.3) is 22.3 Å². The van der Waals surface area contributed by atoms with Gasteiger partial charge in [-0.1, -0.05) is 72.8 Å². The Balaban J connectivity index is 0.000000194. The Bertz CT molecular complexity index is 2950.